The number of carbonyl (C=O) groups is 2. The van der Waals surface area contributed by atoms with Crippen molar-refractivity contribution in [2.45, 2.75) is 45.4 Å². The van der Waals surface area contributed by atoms with E-state index in [1.807, 2.05) is 6.07 Å². The largest absolute Gasteiger partial charge is 0.497 e. The number of methoxy groups -OCH3 is 1. The van der Waals surface area contributed by atoms with E-state index in [1.165, 1.54) is 9.80 Å². The molecule has 2 aromatic rings. The third-order valence-corrected chi connectivity index (χ3v) is 4.92. The topological polar surface area (TPSA) is 90.3 Å². The van der Waals surface area contributed by atoms with Gasteiger partial charge in [0.05, 0.1) is 13.7 Å². The molecule has 0 saturated carbocycles. The number of anilines is 1. The summed E-state index contributed by atoms with van der Waals surface area (Å²) in [6.45, 7) is 5.16. The van der Waals surface area contributed by atoms with Crippen LogP contribution in [-0.4, -0.2) is 52.9 Å². The Hall–Kier alpha value is -3.06. The number of hydrogen-bond acceptors (Lipinski definition) is 4. The standard InChI is InChI=1S/C23H30N2O5/c1-23(2,3)25(22(28)29)20(14-16-7-6-8-17(13-16)15-26)21(27)24(4)18-9-11-19(30-5)12-10-18/h6-13,20,26H,14-15H2,1-5H3,(H,28,29)/t20-/m0/s1. The van der Waals surface area contributed by atoms with Crippen LogP contribution in [0.25, 0.3) is 0 Å². The Balaban J connectivity index is 2.44. The number of amides is 2. The van der Waals surface area contributed by atoms with Crippen LogP contribution in [0, 0.1) is 0 Å². The molecule has 0 aliphatic rings. The monoisotopic (exact) mass is 414 g/mol. The minimum Gasteiger partial charge on any atom is -0.497 e. The average Bonchev–Trinajstić information content (AvgIpc) is 2.71. The van der Waals surface area contributed by atoms with E-state index in [1.54, 1.807) is 77.4 Å². The highest BCUT2D eigenvalue weighted by molar-refractivity contribution is 5.98. The molecule has 2 N–H and O–H groups in total. The highest BCUT2D eigenvalue weighted by Gasteiger charge is 2.39. The number of aliphatic hydroxyl groups is 1. The fraction of sp³-hybridized carbons (Fsp3) is 0.391. The Morgan fingerprint density at radius 1 is 1.07 bits per heavy atom. The first kappa shape index (κ1) is 23.2. The molecular weight excluding hydrogens is 384 g/mol. The lowest BCUT2D eigenvalue weighted by atomic mass is 9.96. The summed E-state index contributed by atoms with van der Waals surface area (Å²) in [5.74, 6) is 0.325. The summed E-state index contributed by atoms with van der Waals surface area (Å²) in [6, 6.07) is 13.2. The van der Waals surface area contributed by atoms with Crippen LogP contribution in [0.2, 0.25) is 0 Å². The summed E-state index contributed by atoms with van der Waals surface area (Å²) in [7, 11) is 3.19. The molecule has 0 spiro atoms. The zero-order valence-corrected chi connectivity index (χ0v) is 18.1. The Morgan fingerprint density at radius 3 is 2.17 bits per heavy atom. The van der Waals surface area contributed by atoms with Crippen molar-refractivity contribution in [3.63, 3.8) is 0 Å². The van der Waals surface area contributed by atoms with Crippen LogP contribution in [-0.2, 0) is 17.8 Å². The molecule has 0 unspecified atom stereocenters. The first-order valence-electron chi connectivity index (χ1n) is 9.71. The van der Waals surface area contributed by atoms with E-state index in [-0.39, 0.29) is 18.9 Å². The van der Waals surface area contributed by atoms with Crippen LogP contribution in [0.15, 0.2) is 48.5 Å². The van der Waals surface area contributed by atoms with E-state index in [2.05, 4.69) is 0 Å². The van der Waals surface area contributed by atoms with Crippen LogP contribution in [0.5, 0.6) is 5.75 Å². The summed E-state index contributed by atoms with van der Waals surface area (Å²) in [4.78, 5) is 28.3. The average molecular weight is 415 g/mol. The molecule has 0 heterocycles. The molecule has 0 aromatic heterocycles. The van der Waals surface area contributed by atoms with Gasteiger partial charge in [0.2, 0.25) is 5.91 Å². The predicted molar refractivity (Wildman–Crippen MR) is 116 cm³/mol. The van der Waals surface area contributed by atoms with Gasteiger partial charge in [0.15, 0.2) is 0 Å². The van der Waals surface area contributed by atoms with E-state index in [0.717, 1.165) is 5.56 Å². The van der Waals surface area contributed by atoms with Gasteiger partial charge in [0.1, 0.15) is 11.8 Å². The van der Waals surface area contributed by atoms with Gasteiger partial charge in [-0.1, -0.05) is 24.3 Å². The summed E-state index contributed by atoms with van der Waals surface area (Å²) in [5, 5.41) is 19.3. The van der Waals surface area contributed by atoms with Gasteiger partial charge in [0.25, 0.3) is 0 Å². The summed E-state index contributed by atoms with van der Waals surface area (Å²) in [6.07, 6.45) is -0.973. The summed E-state index contributed by atoms with van der Waals surface area (Å²) in [5.41, 5.74) is 1.33. The third-order valence-electron chi connectivity index (χ3n) is 4.92. The number of carboxylic acid groups (broad SMARTS) is 1. The minimum atomic E-state index is -1.16. The molecule has 7 nitrogen and oxygen atoms in total. The van der Waals surface area contributed by atoms with E-state index >= 15 is 0 Å². The second-order valence-corrected chi connectivity index (χ2v) is 8.12. The Labute approximate surface area is 177 Å². The maximum Gasteiger partial charge on any atom is 0.408 e. The van der Waals surface area contributed by atoms with Crippen molar-refractivity contribution in [2.75, 3.05) is 19.1 Å². The van der Waals surface area contributed by atoms with Crippen molar-refractivity contribution in [2.24, 2.45) is 0 Å². The molecule has 2 amide bonds. The second kappa shape index (κ2) is 9.63. The van der Waals surface area contributed by atoms with Gasteiger partial charge in [0, 0.05) is 24.7 Å². The Kier molecular flexibility index (Phi) is 7.45. The number of aliphatic hydroxyl groups excluding tert-OH is 1. The zero-order valence-electron chi connectivity index (χ0n) is 18.1. The number of hydrogen-bond donors (Lipinski definition) is 2. The van der Waals surface area contributed by atoms with Crippen molar-refractivity contribution in [1.29, 1.82) is 0 Å². The molecule has 0 fully saturated rings. The van der Waals surface area contributed by atoms with Crippen LogP contribution in [0.1, 0.15) is 31.9 Å². The molecule has 162 valence electrons. The molecule has 2 aromatic carbocycles. The summed E-state index contributed by atoms with van der Waals surface area (Å²) >= 11 is 0. The van der Waals surface area contributed by atoms with Crippen LogP contribution in [0.3, 0.4) is 0 Å². The lowest BCUT2D eigenvalue weighted by Gasteiger charge is -2.40. The molecular formula is C23H30N2O5. The van der Waals surface area contributed by atoms with E-state index in [0.29, 0.717) is 17.0 Å². The maximum atomic E-state index is 13.5. The fourth-order valence-electron chi connectivity index (χ4n) is 3.41. The van der Waals surface area contributed by atoms with Crippen molar-refractivity contribution in [3.8, 4) is 5.75 Å². The Morgan fingerprint density at radius 2 is 1.67 bits per heavy atom. The van der Waals surface area contributed by atoms with E-state index in [9.17, 15) is 19.8 Å². The minimum absolute atomic E-state index is 0.125. The fourth-order valence-corrected chi connectivity index (χ4v) is 3.41. The van der Waals surface area contributed by atoms with Gasteiger partial charge in [-0.15, -0.1) is 0 Å². The number of ether oxygens (including phenoxy) is 1. The molecule has 0 aliphatic carbocycles. The Bertz CT molecular complexity index is 874. The van der Waals surface area contributed by atoms with Crippen molar-refractivity contribution >= 4 is 17.7 Å². The van der Waals surface area contributed by atoms with E-state index < -0.39 is 17.7 Å². The third kappa shape index (κ3) is 5.51. The maximum absolute atomic E-state index is 13.5. The molecule has 7 heteroatoms. The molecule has 30 heavy (non-hydrogen) atoms. The lowest BCUT2D eigenvalue weighted by Crippen LogP contribution is -2.58. The summed E-state index contributed by atoms with van der Waals surface area (Å²) < 4.78 is 5.16. The molecule has 0 radical (unpaired) electrons. The molecule has 1 atom stereocenters. The van der Waals surface area contributed by atoms with Gasteiger partial charge >= 0.3 is 6.09 Å². The van der Waals surface area contributed by atoms with Crippen LogP contribution < -0.4 is 9.64 Å². The quantitative estimate of drug-likeness (QED) is 0.723. The predicted octanol–water partition coefficient (Wildman–Crippen LogP) is 3.54. The molecule has 0 saturated heterocycles. The highest BCUT2D eigenvalue weighted by Crippen LogP contribution is 2.25. The zero-order chi connectivity index (χ0) is 22.5. The van der Waals surface area contributed by atoms with Crippen molar-refractivity contribution in [3.05, 3.63) is 59.7 Å². The highest BCUT2D eigenvalue weighted by atomic mass is 16.5. The van der Waals surface area contributed by atoms with Gasteiger partial charge in [-0.3, -0.25) is 9.69 Å². The van der Waals surface area contributed by atoms with Gasteiger partial charge in [-0.2, -0.15) is 0 Å². The number of nitrogens with zero attached hydrogens (tertiary/aromatic N) is 2. The van der Waals surface area contributed by atoms with Crippen molar-refractivity contribution < 1.29 is 24.5 Å². The van der Waals surface area contributed by atoms with Gasteiger partial charge < -0.3 is 19.8 Å². The van der Waals surface area contributed by atoms with Gasteiger partial charge in [-0.05, 0) is 56.2 Å². The van der Waals surface area contributed by atoms with Crippen LogP contribution >= 0.6 is 0 Å². The number of benzene rings is 2. The molecule has 2 rings (SSSR count). The number of carbonyl (C=O) groups excluding carboxylic acids is 1. The van der Waals surface area contributed by atoms with Crippen LogP contribution in [0.4, 0.5) is 10.5 Å². The first-order valence-corrected chi connectivity index (χ1v) is 9.71. The normalized spacial score (nSPS) is 12.2. The second-order valence-electron chi connectivity index (χ2n) is 8.12. The number of likely N-dealkylation sites (N-methyl/N-ethyl adjacent to an activating group) is 1. The smallest absolute Gasteiger partial charge is 0.408 e. The molecule has 0 bridgehead atoms. The molecule has 0 aliphatic heterocycles. The lowest BCUT2D eigenvalue weighted by molar-refractivity contribution is -0.124. The SMILES string of the molecule is COc1ccc(N(C)C(=O)[C@H](Cc2cccc(CO)c2)N(C(=O)O)C(C)(C)C)cc1. The van der Waals surface area contributed by atoms with Gasteiger partial charge in [-0.25, -0.2) is 4.79 Å². The number of rotatable bonds is 7. The van der Waals surface area contributed by atoms with E-state index in [4.69, 9.17) is 4.74 Å². The first-order chi connectivity index (χ1) is 14.1. The van der Waals surface area contributed by atoms with Crippen molar-refractivity contribution in [1.82, 2.24) is 4.90 Å².